The monoisotopic (exact) mass is 280 g/mol. The van der Waals surface area contributed by atoms with Gasteiger partial charge in [0.25, 0.3) is 0 Å². The molecule has 0 fully saturated rings. The molecule has 0 aromatic heterocycles. The van der Waals surface area contributed by atoms with Crippen molar-refractivity contribution in [3.63, 3.8) is 0 Å². The van der Waals surface area contributed by atoms with Crippen LogP contribution in [0.4, 0.5) is 0 Å². The van der Waals surface area contributed by atoms with Crippen molar-refractivity contribution in [2.24, 2.45) is 0 Å². The summed E-state index contributed by atoms with van der Waals surface area (Å²) in [7, 11) is 0. The third-order valence-corrected chi connectivity index (χ3v) is 3.35. The maximum atomic E-state index is 5.97. The molecule has 0 amide bonds. The quantitative estimate of drug-likeness (QED) is 0.532. The van der Waals surface area contributed by atoms with Gasteiger partial charge < -0.3 is 18.9 Å². The van der Waals surface area contributed by atoms with E-state index >= 15 is 0 Å². The first-order chi connectivity index (χ1) is 9.74. The molecule has 2 rings (SSSR count). The van der Waals surface area contributed by atoms with Crippen molar-refractivity contribution < 1.29 is 18.9 Å². The van der Waals surface area contributed by atoms with Crippen molar-refractivity contribution in [2.75, 3.05) is 13.4 Å². The number of fused-ring (bicyclic) bond motifs is 1. The van der Waals surface area contributed by atoms with Crippen molar-refractivity contribution in [3.05, 3.63) is 23.8 Å². The van der Waals surface area contributed by atoms with E-state index in [0.29, 0.717) is 6.79 Å². The Kier molecular flexibility index (Phi) is 5.68. The third kappa shape index (κ3) is 3.87. The van der Waals surface area contributed by atoms with E-state index in [0.717, 1.165) is 42.9 Å². The van der Waals surface area contributed by atoms with Crippen LogP contribution in [0.1, 0.15) is 51.7 Å². The van der Waals surface area contributed by atoms with Crippen molar-refractivity contribution in [3.8, 4) is 11.5 Å². The van der Waals surface area contributed by atoms with Gasteiger partial charge in [-0.3, -0.25) is 0 Å². The van der Waals surface area contributed by atoms with Crippen molar-refractivity contribution in [2.45, 2.75) is 52.4 Å². The van der Waals surface area contributed by atoms with E-state index in [9.17, 15) is 0 Å². The number of hydrogen-bond acceptors (Lipinski definition) is 4. The molecule has 1 aromatic carbocycles. The number of hydrogen-bond donors (Lipinski definition) is 0. The van der Waals surface area contributed by atoms with E-state index < -0.39 is 0 Å². The van der Waals surface area contributed by atoms with E-state index in [-0.39, 0.29) is 12.4 Å². The lowest BCUT2D eigenvalue weighted by molar-refractivity contribution is -0.163. The molecule has 2 unspecified atom stereocenters. The Morgan fingerprint density at radius 3 is 2.75 bits per heavy atom. The summed E-state index contributed by atoms with van der Waals surface area (Å²) < 4.78 is 22.4. The van der Waals surface area contributed by atoms with E-state index in [2.05, 4.69) is 13.8 Å². The lowest BCUT2D eigenvalue weighted by Crippen LogP contribution is -2.17. The molecule has 0 saturated carbocycles. The molecule has 4 nitrogen and oxygen atoms in total. The minimum absolute atomic E-state index is 0.0149. The summed E-state index contributed by atoms with van der Waals surface area (Å²) in [5, 5.41) is 0. The van der Waals surface area contributed by atoms with Crippen LogP contribution in [0.2, 0.25) is 0 Å². The number of benzene rings is 1. The Labute approximate surface area is 121 Å². The second kappa shape index (κ2) is 7.50. The van der Waals surface area contributed by atoms with Crippen LogP contribution in [0.25, 0.3) is 0 Å². The third-order valence-electron chi connectivity index (χ3n) is 3.35. The zero-order chi connectivity index (χ0) is 14.4. The minimum atomic E-state index is -0.197. The first-order valence-corrected chi connectivity index (χ1v) is 7.41. The van der Waals surface area contributed by atoms with Crippen LogP contribution in [-0.2, 0) is 9.47 Å². The van der Waals surface area contributed by atoms with Gasteiger partial charge in [0.05, 0.1) is 6.10 Å². The summed E-state index contributed by atoms with van der Waals surface area (Å²) in [6, 6.07) is 5.96. The maximum Gasteiger partial charge on any atom is 0.231 e. The van der Waals surface area contributed by atoms with Crippen LogP contribution in [-0.4, -0.2) is 19.7 Å². The molecule has 1 aromatic rings. The van der Waals surface area contributed by atoms with E-state index in [1.54, 1.807) is 0 Å². The summed E-state index contributed by atoms with van der Waals surface area (Å²) in [6.07, 6.45) is 2.90. The van der Waals surface area contributed by atoms with Gasteiger partial charge in [0.15, 0.2) is 17.8 Å². The van der Waals surface area contributed by atoms with Crippen molar-refractivity contribution in [1.82, 2.24) is 0 Å². The van der Waals surface area contributed by atoms with Crippen LogP contribution < -0.4 is 9.47 Å². The fourth-order valence-electron chi connectivity index (χ4n) is 2.19. The molecule has 0 N–H and O–H groups in total. The van der Waals surface area contributed by atoms with Gasteiger partial charge in [-0.15, -0.1) is 0 Å². The Hall–Kier alpha value is -1.26. The van der Waals surface area contributed by atoms with Gasteiger partial charge in [-0.2, -0.15) is 0 Å². The minimum Gasteiger partial charge on any atom is -0.454 e. The van der Waals surface area contributed by atoms with Crippen LogP contribution >= 0.6 is 0 Å². The van der Waals surface area contributed by atoms with Crippen LogP contribution in [0.5, 0.6) is 11.5 Å². The molecule has 0 spiro atoms. The summed E-state index contributed by atoms with van der Waals surface area (Å²) in [6.45, 7) is 7.25. The average molecular weight is 280 g/mol. The lowest BCUT2D eigenvalue weighted by atomic mass is 10.1. The van der Waals surface area contributed by atoms with Gasteiger partial charge in [-0.1, -0.05) is 26.3 Å². The molecule has 0 saturated heterocycles. The molecule has 0 radical (unpaired) electrons. The summed E-state index contributed by atoms with van der Waals surface area (Å²) >= 11 is 0. The Bertz CT molecular complexity index is 419. The molecule has 0 aliphatic carbocycles. The second-order valence-corrected chi connectivity index (χ2v) is 4.94. The largest absolute Gasteiger partial charge is 0.454 e. The highest BCUT2D eigenvalue weighted by Crippen LogP contribution is 2.36. The first-order valence-electron chi connectivity index (χ1n) is 7.41. The fraction of sp³-hybridized carbons (Fsp3) is 0.625. The zero-order valence-corrected chi connectivity index (χ0v) is 12.6. The Balaban J connectivity index is 1.94. The van der Waals surface area contributed by atoms with Crippen LogP contribution in [0.3, 0.4) is 0 Å². The fourth-order valence-corrected chi connectivity index (χ4v) is 2.19. The molecular formula is C16H24O4. The predicted molar refractivity (Wildman–Crippen MR) is 77.0 cm³/mol. The lowest BCUT2D eigenvalue weighted by Gasteiger charge is -2.22. The molecule has 112 valence electrons. The average Bonchev–Trinajstić information content (AvgIpc) is 2.92. The molecule has 2 atom stereocenters. The van der Waals surface area contributed by atoms with Gasteiger partial charge in [-0.25, -0.2) is 0 Å². The van der Waals surface area contributed by atoms with Crippen LogP contribution in [0, 0.1) is 0 Å². The highest BCUT2D eigenvalue weighted by atomic mass is 16.7. The molecule has 0 bridgehead atoms. The summed E-state index contributed by atoms with van der Waals surface area (Å²) in [5.41, 5.74) is 1.10. The Morgan fingerprint density at radius 1 is 1.20 bits per heavy atom. The van der Waals surface area contributed by atoms with Gasteiger partial charge >= 0.3 is 0 Å². The number of rotatable bonds is 8. The highest BCUT2D eigenvalue weighted by molar-refractivity contribution is 5.45. The van der Waals surface area contributed by atoms with Gasteiger partial charge in [0.1, 0.15) is 0 Å². The van der Waals surface area contributed by atoms with E-state index in [1.807, 2.05) is 25.1 Å². The SMILES string of the molecule is CCCCOC(C)OC(CC)c1ccc2c(c1)OCO2. The second-order valence-electron chi connectivity index (χ2n) is 4.94. The Morgan fingerprint density at radius 2 is 2.00 bits per heavy atom. The maximum absolute atomic E-state index is 5.97. The molecule has 1 aliphatic heterocycles. The highest BCUT2D eigenvalue weighted by Gasteiger charge is 2.19. The smallest absolute Gasteiger partial charge is 0.231 e. The predicted octanol–water partition coefficient (Wildman–Crippen LogP) is 4.05. The first kappa shape index (κ1) is 15.1. The molecule has 1 aliphatic rings. The van der Waals surface area contributed by atoms with E-state index in [1.165, 1.54) is 0 Å². The molecule has 4 heteroatoms. The topological polar surface area (TPSA) is 36.9 Å². The zero-order valence-electron chi connectivity index (χ0n) is 12.6. The van der Waals surface area contributed by atoms with Gasteiger partial charge in [-0.05, 0) is 37.5 Å². The summed E-state index contributed by atoms with van der Waals surface area (Å²) in [5.74, 6) is 1.60. The number of ether oxygens (including phenoxy) is 4. The molecule has 1 heterocycles. The van der Waals surface area contributed by atoms with E-state index in [4.69, 9.17) is 18.9 Å². The molecular weight excluding hydrogens is 256 g/mol. The number of unbranched alkanes of at least 4 members (excludes halogenated alkanes) is 1. The van der Waals surface area contributed by atoms with Crippen molar-refractivity contribution >= 4 is 0 Å². The normalized spacial score (nSPS) is 16.1. The van der Waals surface area contributed by atoms with Crippen molar-refractivity contribution in [1.29, 1.82) is 0 Å². The van der Waals surface area contributed by atoms with Crippen LogP contribution in [0.15, 0.2) is 18.2 Å². The standard InChI is InChI=1S/C16H24O4/c1-4-6-9-17-12(3)20-14(5-2)13-7-8-15-16(10-13)19-11-18-15/h7-8,10,12,14H,4-6,9,11H2,1-3H3. The summed E-state index contributed by atoms with van der Waals surface area (Å²) in [4.78, 5) is 0. The van der Waals surface area contributed by atoms with Gasteiger partial charge in [0, 0.05) is 6.61 Å². The molecule has 20 heavy (non-hydrogen) atoms. The van der Waals surface area contributed by atoms with Gasteiger partial charge in [0.2, 0.25) is 6.79 Å².